The van der Waals surface area contributed by atoms with Crippen LogP contribution in [-0.4, -0.2) is 62.9 Å². The van der Waals surface area contributed by atoms with Gasteiger partial charge in [-0.05, 0) is 116 Å². The highest BCUT2D eigenvalue weighted by Gasteiger charge is 2.51. The second-order valence-electron chi connectivity index (χ2n) is 12.8. The normalized spacial score (nSPS) is 19.0. The van der Waals surface area contributed by atoms with Crippen molar-refractivity contribution in [2.75, 3.05) is 18.4 Å². The Morgan fingerprint density at radius 3 is 2.39 bits per heavy atom. The van der Waals surface area contributed by atoms with E-state index in [1.165, 1.54) is 10.6 Å². The zero-order valence-electron chi connectivity index (χ0n) is 24.6. The van der Waals surface area contributed by atoms with Gasteiger partial charge in [-0.25, -0.2) is 13.4 Å². The van der Waals surface area contributed by atoms with Gasteiger partial charge in [0.2, 0.25) is 5.95 Å². The van der Waals surface area contributed by atoms with E-state index in [0.717, 1.165) is 44.3 Å². The molecule has 1 aromatic carbocycles. The molecule has 222 valence electrons. The van der Waals surface area contributed by atoms with E-state index in [4.69, 9.17) is 11.6 Å². The number of likely N-dealkylation sites (tertiary alicyclic amines) is 1. The van der Waals surface area contributed by atoms with E-state index in [-0.39, 0.29) is 21.6 Å². The maximum Gasteiger partial charge on any atom is 0.271 e. The number of anilines is 2. The highest BCUT2D eigenvalue weighted by Crippen LogP contribution is 2.53. The maximum atomic E-state index is 13.5. The molecule has 1 saturated carbocycles. The molecule has 0 bridgehead atoms. The second-order valence-corrected chi connectivity index (χ2v) is 15.4. The first-order valence-corrected chi connectivity index (χ1v) is 16.2. The molecule has 1 saturated heterocycles. The largest absolute Gasteiger partial charge is 0.388 e. The summed E-state index contributed by atoms with van der Waals surface area (Å²) in [4.78, 5) is 24.7. The maximum absolute atomic E-state index is 13.5. The zero-order valence-corrected chi connectivity index (χ0v) is 26.2. The van der Waals surface area contributed by atoms with E-state index in [1.807, 2.05) is 6.92 Å². The Morgan fingerprint density at radius 2 is 1.80 bits per heavy atom. The fourth-order valence-electron chi connectivity index (χ4n) is 6.14. The summed E-state index contributed by atoms with van der Waals surface area (Å²) >= 11 is 6.19. The molecule has 1 aliphatic carbocycles. The Hall–Kier alpha value is -2.53. The second kappa shape index (κ2) is 10.6. The van der Waals surface area contributed by atoms with Crippen molar-refractivity contribution in [3.8, 4) is 0 Å². The molecular weight excluding hydrogens is 562 g/mol. The standard InChI is InChI=1S/C30H40ClN5O4S/c1-18(2)35-11-9-30(10-12-35)15-23(16-30)41(39,40)22-7-8-25(19(3)13-22)33-28-32-17-21-14-24(31)27(37)36(26(21)34-28)20(4)29(5,6)38/h7-8,13-14,17-18,20,23,38H,9-12,15-16H2,1-6H3,(H,32,33,34). The van der Waals surface area contributed by atoms with Crippen LogP contribution in [0.5, 0.6) is 0 Å². The van der Waals surface area contributed by atoms with Crippen molar-refractivity contribution in [1.82, 2.24) is 19.4 Å². The predicted molar refractivity (Wildman–Crippen MR) is 163 cm³/mol. The molecule has 1 atom stereocenters. The van der Waals surface area contributed by atoms with Gasteiger partial charge in [-0.1, -0.05) is 11.6 Å². The first kappa shape index (κ1) is 29.9. The quantitative estimate of drug-likeness (QED) is 0.377. The first-order chi connectivity index (χ1) is 19.1. The van der Waals surface area contributed by atoms with Gasteiger partial charge in [0.05, 0.1) is 21.8 Å². The van der Waals surface area contributed by atoms with Gasteiger partial charge in [0, 0.05) is 23.3 Å². The van der Waals surface area contributed by atoms with Crippen molar-refractivity contribution in [3.05, 3.63) is 51.4 Å². The van der Waals surface area contributed by atoms with Crippen molar-refractivity contribution in [1.29, 1.82) is 0 Å². The van der Waals surface area contributed by atoms with Crippen molar-refractivity contribution in [3.63, 3.8) is 0 Å². The van der Waals surface area contributed by atoms with Gasteiger partial charge >= 0.3 is 0 Å². The van der Waals surface area contributed by atoms with Crippen LogP contribution in [0.15, 0.2) is 40.2 Å². The van der Waals surface area contributed by atoms with Gasteiger partial charge in [-0.2, -0.15) is 4.98 Å². The summed E-state index contributed by atoms with van der Waals surface area (Å²) in [6.45, 7) is 13.3. The third-order valence-electron chi connectivity index (χ3n) is 9.26. The van der Waals surface area contributed by atoms with Crippen LogP contribution in [-0.2, 0) is 9.84 Å². The average Bonchev–Trinajstić information content (AvgIpc) is 2.88. The molecule has 9 nitrogen and oxygen atoms in total. The number of pyridine rings is 1. The summed E-state index contributed by atoms with van der Waals surface area (Å²) < 4.78 is 28.4. The van der Waals surface area contributed by atoms with Crippen LogP contribution in [0.1, 0.15) is 71.9 Å². The summed E-state index contributed by atoms with van der Waals surface area (Å²) in [5.74, 6) is 0.239. The van der Waals surface area contributed by atoms with Crippen LogP contribution in [0.3, 0.4) is 0 Å². The highest BCUT2D eigenvalue weighted by molar-refractivity contribution is 7.92. The molecule has 11 heteroatoms. The predicted octanol–water partition coefficient (Wildman–Crippen LogP) is 5.26. The van der Waals surface area contributed by atoms with Crippen LogP contribution >= 0.6 is 11.6 Å². The molecular formula is C30H40ClN5O4S. The minimum Gasteiger partial charge on any atom is -0.388 e. The third-order valence-corrected chi connectivity index (χ3v) is 11.7. The van der Waals surface area contributed by atoms with Crippen molar-refractivity contribution >= 4 is 44.1 Å². The lowest BCUT2D eigenvalue weighted by Gasteiger charge is -2.52. The number of aliphatic hydroxyl groups is 1. The Balaban J connectivity index is 1.35. The van der Waals surface area contributed by atoms with Crippen LogP contribution in [0, 0.1) is 12.3 Å². The number of fused-ring (bicyclic) bond motifs is 1. The van der Waals surface area contributed by atoms with E-state index in [1.54, 1.807) is 45.2 Å². The van der Waals surface area contributed by atoms with E-state index >= 15 is 0 Å². The molecule has 2 aromatic heterocycles. The van der Waals surface area contributed by atoms with E-state index < -0.39 is 27.0 Å². The summed E-state index contributed by atoms with van der Waals surface area (Å²) in [7, 11) is -3.43. The molecule has 3 heterocycles. The van der Waals surface area contributed by atoms with Gasteiger partial charge in [-0.15, -0.1) is 0 Å². The monoisotopic (exact) mass is 601 g/mol. The zero-order chi connectivity index (χ0) is 29.9. The lowest BCUT2D eigenvalue weighted by molar-refractivity contribution is 0.0246. The van der Waals surface area contributed by atoms with Gasteiger partial charge in [0.1, 0.15) is 10.7 Å². The molecule has 1 spiro atoms. The number of rotatable bonds is 7. The van der Waals surface area contributed by atoms with E-state index in [2.05, 4.69) is 34.0 Å². The van der Waals surface area contributed by atoms with E-state index in [9.17, 15) is 18.3 Å². The molecule has 2 aliphatic rings. The molecule has 1 unspecified atom stereocenters. The number of aryl methyl sites for hydroxylation is 1. The molecule has 0 radical (unpaired) electrons. The van der Waals surface area contributed by atoms with Crippen LogP contribution in [0.25, 0.3) is 11.0 Å². The Kier molecular flexibility index (Phi) is 7.76. The fourth-order valence-corrected chi connectivity index (χ4v) is 8.47. The molecule has 41 heavy (non-hydrogen) atoms. The van der Waals surface area contributed by atoms with Crippen molar-refractivity contribution in [2.24, 2.45) is 5.41 Å². The minimum atomic E-state index is -3.43. The number of nitrogens with zero attached hydrogens (tertiary/aromatic N) is 4. The average molecular weight is 602 g/mol. The Labute approximate surface area is 246 Å². The molecule has 2 fully saturated rings. The molecule has 1 aliphatic heterocycles. The highest BCUT2D eigenvalue weighted by atomic mass is 35.5. The number of benzene rings is 1. The Bertz CT molecular complexity index is 1630. The van der Waals surface area contributed by atoms with Crippen molar-refractivity contribution < 1.29 is 13.5 Å². The molecule has 0 amide bonds. The summed E-state index contributed by atoms with van der Waals surface area (Å²) in [6, 6.07) is 6.51. The molecule has 5 rings (SSSR count). The molecule has 3 aromatic rings. The number of hydrogen-bond donors (Lipinski definition) is 2. The summed E-state index contributed by atoms with van der Waals surface area (Å²) in [6.07, 6.45) is 5.18. The van der Waals surface area contributed by atoms with Crippen LogP contribution in [0.4, 0.5) is 11.6 Å². The molecule has 2 N–H and O–H groups in total. The lowest BCUT2D eigenvalue weighted by atomic mass is 9.63. The number of nitrogens with one attached hydrogen (secondary N) is 1. The van der Waals surface area contributed by atoms with Gasteiger partial charge in [-0.3, -0.25) is 9.36 Å². The SMILES string of the molecule is Cc1cc(S(=O)(=O)C2CC3(CCN(C(C)C)CC3)C2)ccc1Nc1ncc2cc(Cl)c(=O)n(C(C)C(C)(C)O)c2n1. The summed E-state index contributed by atoms with van der Waals surface area (Å²) in [5, 5.41) is 14.0. The van der Waals surface area contributed by atoms with E-state index in [0.29, 0.717) is 27.7 Å². The number of piperidine rings is 1. The fraction of sp³-hybridized carbons (Fsp3) is 0.567. The number of hydrogen-bond acceptors (Lipinski definition) is 8. The van der Waals surface area contributed by atoms with Gasteiger partial charge in [0.25, 0.3) is 5.56 Å². The summed E-state index contributed by atoms with van der Waals surface area (Å²) in [5.41, 5.74) is 0.249. The Morgan fingerprint density at radius 1 is 1.15 bits per heavy atom. The minimum absolute atomic E-state index is 0.0175. The topological polar surface area (TPSA) is 117 Å². The first-order valence-electron chi connectivity index (χ1n) is 14.3. The third kappa shape index (κ3) is 5.63. The number of halogens is 1. The lowest BCUT2D eigenvalue weighted by Crippen LogP contribution is -2.52. The number of aromatic nitrogens is 3. The van der Waals surface area contributed by atoms with Crippen LogP contribution in [0.2, 0.25) is 5.02 Å². The van der Waals surface area contributed by atoms with Crippen molar-refractivity contribution in [2.45, 2.75) is 95.1 Å². The van der Waals surface area contributed by atoms with Gasteiger partial charge < -0.3 is 15.3 Å². The van der Waals surface area contributed by atoms with Crippen LogP contribution < -0.4 is 10.9 Å². The number of sulfone groups is 1. The smallest absolute Gasteiger partial charge is 0.271 e. The van der Waals surface area contributed by atoms with Gasteiger partial charge in [0.15, 0.2) is 9.84 Å².